The van der Waals surface area contributed by atoms with E-state index in [9.17, 15) is 5.11 Å². The first-order valence-corrected chi connectivity index (χ1v) is 5.86. The number of phenolic OH excluding ortho intramolecular Hbond substituents is 1. The van der Waals surface area contributed by atoms with E-state index in [4.69, 9.17) is 4.74 Å². The number of hydrogen-bond donors (Lipinski definition) is 2. The van der Waals surface area contributed by atoms with Gasteiger partial charge in [0.2, 0.25) is 0 Å². The summed E-state index contributed by atoms with van der Waals surface area (Å²) in [6, 6.07) is 7.48. The average molecular weight is 235 g/mol. The molecule has 0 saturated heterocycles. The summed E-state index contributed by atoms with van der Waals surface area (Å²) < 4.78 is 5.05. The smallest absolute Gasteiger partial charge is 0.162 e. The van der Waals surface area contributed by atoms with Crippen LogP contribution in [0.2, 0.25) is 0 Å². The van der Waals surface area contributed by atoms with Crippen LogP contribution in [0.25, 0.3) is 0 Å². The molecule has 0 bridgehead atoms. The lowest BCUT2D eigenvalue weighted by Gasteiger charge is -2.09. The first-order valence-electron chi connectivity index (χ1n) is 4.92. The molecular weight excluding hydrogens is 222 g/mol. The van der Waals surface area contributed by atoms with Crippen LogP contribution in [-0.4, -0.2) is 12.2 Å². The van der Waals surface area contributed by atoms with Gasteiger partial charge in [-0.2, -0.15) is 11.3 Å². The van der Waals surface area contributed by atoms with E-state index >= 15 is 0 Å². The highest BCUT2D eigenvalue weighted by molar-refractivity contribution is 7.08. The Kier molecular flexibility index (Phi) is 3.31. The molecule has 0 saturated carbocycles. The number of thiophene rings is 1. The Labute approximate surface area is 98.3 Å². The molecule has 0 aliphatic heterocycles. The molecule has 1 heterocycles. The van der Waals surface area contributed by atoms with Gasteiger partial charge in [0, 0.05) is 23.2 Å². The Hall–Kier alpha value is -1.68. The van der Waals surface area contributed by atoms with Crippen molar-refractivity contribution in [3.05, 3.63) is 40.6 Å². The number of rotatable bonds is 4. The first-order chi connectivity index (χ1) is 7.81. The van der Waals surface area contributed by atoms with E-state index in [1.165, 1.54) is 0 Å². The summed E-state index contributed by atoms with van der Waals surface area (Å²) in [6.07, 6.45) is 0. The monoisotopic (exact) mass is 235 g/mol. The maximum atomic E-state index is 9.86. The Balaban J connectivity index is 2.09. The molecule has 0 fully saturated rings. The molecule has 0 atom stereocenters. The van der Waals surface area contributed by atoms with Gasteiger partial charge in [-0.3, -0.25) is 0 Å². The predicted octanol–water partition coefficient (Wildman–Crippen LogP) is 3.07. The largest absolute Gasteiger partial charge is 0.504 e. The SMILES string of the molecule is COc1cccc(CNc2ccsc2)c1O. The van der Waals surface area contributed by atoms with Gasteiger partial charge in [0.25, 0.3) is 0 Å². The first kappa shape index (κ1) is 10.8. The third kappa shape index (κ3) is 2.28. The van der Waals surface area contributed by atoms with Gasteiger partial charge in [-0.25, -0.2) is 0 Å². The number of anilines is 1. The standard InChI is InChI=1S/C12H13NO2S/c1-15-11-4-2-3-9(12(11)14)7-13-10-5-6-16-8-10/h2-6,8,13-14H,7H2,1H3. The third-order valence-electron chi connectivity index (χ3n) is 2.31. The van der Waals surface area contributed by atoms with E-state index in [1.54, 1.807) is 24.5 Å². The van der Waals surface area contributed by atoms with Crippen molar-refractivity contribution in [2.75, 3.05) is 12.4 Å². The van der Waals surface area contributed by atoms with E-state index in [2.05, 4.69) is 5.32 Å². The zero-order chi connectivity index (χ0) is 11.4. The van der Waals surface area contributed by atoms with E-state index in [1.807, 2.05) is 29.0 Å². The van der Waals surface area contributed by atoms with Crippen molar-refractivity contribution >= 4 is 17.0 Å². The summed E-state index contributed by atoms with van der Waals surface area (Å²) in [6.45, 7) is 0.583. The summed E-state index contributed by atoms with van der Waals surface area (Å²) >= 11 is 1.64. The lowest BCUT2D eigenvalue weighted by atomic mass is 10.2. The fourth-order valence-electron chi connectivity index (χ4n) is 1.44. The molecule has 2 rings (SSSR count). The van der Waals surface area contributed by atoms with Gasteiger partial charge in [-0.1, -0.05) is 12.1 Å². The normalized spacial score (nSPS) is 10.1. The zero-order valence-electron chi connectivity index (χ0n) is 8.93. The number of ether oxygens (including phenoxy) is 1. The topological polar surface area (TPSA) is 41.5 Å². The maximum absolute atomic E-state index is 9.86. The molecule has 2 N–H and O–H groups in total. The molecule has 0 unspecified atom stereocenters. The predicted molar refractivity (Wildman–Crippen MR) is 66.3 cm³/mol. The van der Waals surface area contributed by atoms with Crippen molar-refractivity contribution < 1.29 is 9.84 Å². The minimum atomic E-state index is 0.202. The fourth-order valence-corrected chi connectivity index (χ4v) is 2.05. The number of phenols is 1. The molecule has 2 aromatic rings. The lowest BCUT2D eigenvalue weighted by Crippen LogP contribution is -1.99. The number of aromatic hydroxyl groups is 1. The van der Waals surface area contributed by atoms with Crippen LogP contribution in [0.1, 0.15) is 5.56 Å². The number of methoxy groups -OCH3 is 1. The Morgan fingerprint density at radius 3 is 2.94 bits per heavy atom. The van der Waals surface area contributed by atoms with E-state index in [0.29, 0.717) is 12.3 Å². The highest BCUT2D eigenvalue weighted by Gasteiger charge is 2.06. The van der Waals surface area contributed by atoms with E-state index < -0.39 is 0 Å². The molecule has 0 aliphatic rings. The maximum Gasteiger partial charge on any atom is 0.162 e. The second-order valence-corrected chi connectivity index (χ2v) is 4.11. The quantitative estimate of drug-likeness (QED) is 0.855. The van der Waals surface area contributed by atoms with Crippen LogP contribution in [-0.2, 0) is 6.54 Å². The van der Waals surface area contributed by atoms with Gasteiger partial charge in [0.05, 0.1) is 7.11 Å². The molecule has 0 spiro atoms. The van der Waals surface area contributed by atoms with Crippen LogP contribution in [0, 0.1) is 0 Å². The second-order valence-electron chi connectivity index (χ2n) is 3.33. The molecule has 3 nitrogen and oxygen atoms in total. The number of hydrogen-bond acceptors (Lipinski definition) is 4. The van der Waals surface area contributed by atoms with Crippen LogP contribution in [0.3, 0.4) is 0 Å². The summed E-state index contributed by atoms with van der Waals surface area (Å²) in [7, 11) is 1.55. The highest BCUT2D eigenvalue weighted by Crippen LogP contribution is 2.29. The van der Waals surface area contributed by atoms with Crippen molar-refractivity contribution in [2.45, 2.75) is 6.54 Å². The molecule has 0 amide bonds. The molecule has 1 aromatic heterocycles. The minimum Gasteiger partial charge on any atom is -0.504 e. The van der Waals surface area contributed by atoms with E-state index in [-0.39, 0.29) is 5.75 Å². The van der Waals surface area contributed by atoms with Gasteiger partial charge in [0.15, 0.2) is 11.5 Å². The molecule has 84 valence electrons. The Bertz CT molecular complexity index is 454. The molecular formula is C12H13NO2S. The lowest BCUT2D eigenvalue weighted by molar-refractivity contribution is 0.371. The third-order valence-corrected chi connectivity index (χ3v) is 2.99. The average Bonchev–Trinajstić information content (AvgIpc) is 2.81. The van der Waals surface area contributed by atoms with Crippen molar-refractivity contribution in [1.82, 2.24) is 0 Å². The van der Waals surface area contributed by atoms with Gasteiger partial charge in [-0.05, 0) is 17.5 Å². The molecule has 16 heavy (non-hydrogen) atoms. The van der Waals surface area contributed by atoms with Crippen LogP contribution < -0.4 is 10.1 Å². The molecule has 4 heteroatoms. The highest BCUT2D eigenvalue weighted by atomic mass is 32.1. The van der Waals surface area contributed by atoms with Crippen LogP contribution >= 0.6 is 11.3 Å². The fraction of sp³-hybridized carbons (Fsp3) is 0.167. The van der Waals surface area contributed by atoms with Crippen molar-refractivity contribution in [3.63, 3.8) is 0 Å². The Morgan fingerprint density at radius 2 is 2.25 bits per heavy atom. The van der Waals surface area contributed by atoms with Crippen molar-refractivity contribution in [1.29, 1.82) is 0 Å². The van der Waals surface area contributed by atoms with Crippen LogP contribution in [0.15, 0.2) is 35.0 Å². The number of benzene rings is 1. The summed E-state index contributed by atoms with van der Waals surface area (Å²) in [5.41, 5.74) is 1.89. The summed E-state index contributed by atoms with van der Waals surface area (Å²) in [5, 5.41) is 17.1. The molecule has 0 radical (unpaired) electrons. The molecule has 1 aromatic carbocycles. The van der Waals surface area contributed by atoms with Crippen molar-refractivity contribution in [2.24, 2.45) is 0 Å². The second kappa shape index (κ2) is 4.90. The Morgan fingerprint density at radius 1 is 1.38 bits per heavy atom. The minimum absolute atomic E-state index is 0.202. The number of para-hydroxylation sites is 1. The van der Waals surface area contributed by atoms with Gasteiger partial charge >= 0.3 is 0 Å². The van der Waals surface area contributed by atoms with Gasteiger partial charge in [-0.15, -0.1) is 0 Å². The summed E-state index contributed by atoms with van der Waals surface area (Å²) in [4.78, 5) is 0. The molecule has 0 aliphatic carbocycles. The van der Waals surface area contributed by atoms with Gasteiger partial charge in [0.1, 0.15) is 0 Å². The van der Waals surface area contributed by atoms with Crippen LogP contribution in [0.4, 0.5) is 5.69 Å². The zero-order valence-corrected chi connectivity index (χ0v) is 9.75. The summed E-state index contributed by atoms with van der Waals surface area (Å²) in [5.74, 6) is 0.706. The van der Waals surface area contributed by atoms with Crippen molar-refractivity contribution in [3.8, 4) is 11.5 Å². The number of nitrogens with one attached hydrogen (secondary N) is 1. The van der Waals surface area contributed by atoms with E-state index in [0.717, 1.165) is 11.3 Å². The van der Waals surface area contributed by atoms with Gasteiger partial charge < -0.3 is 15.2 Å². The van der Waals surface area contributed by atoms with Crippen LogP contribution in [0.5, 0.6) is 11.5 Å².